The number of nitrogens with zero attached hydrogens (tertiary/aromatic N) is 5. The second-order valence-corrected chi connectivity index (χ2v) is 10.3. The Hall–Kier alpha value is -3.34. The molecule has 2 aromatic carbocycles. The van der Waals surface area contributed by atoms with Crippen LogP contribution in [0.2, 0.25) is 0 Å². The van der Waals surface area contributed by atoms with Gasteiger partial charge in [-0.3, -0.25) is 4.57 Å². The number of halogens is 2. The fourth-order valence-corrected chi connectivity index (χ4v) is 5.16. The molecular weight excluding hydrogens is 438 g/mol. The summed E-state index contributed by atoms with van der Waals surface area (Å²) >= 11 is 0. The summed E-state index contributed by atoms with van der Waals surface area (Å²) in [5.74, 6) is -0.942. The smallest absolute Gasteiger partial charge is 0.251 e. The average Bonchev–Trinajstić information content (AvgIpc) is 3.31. The summed E-state index contributed by atoms with van der Waals surface area (Å²) in [6.07, 6.45) is 2.37. The Balaban J connectivity index is 1.89. The molecule has 1 aliphatic rings. The Labute approximate surface area is 182 Å². The minimum absolute atomic E-state index is 0.0282. The number of rotatable bonds is 2. The third-order valence-corrected chi connectivity index (χ3v) is 6.73. The Morgan fingerprint density at radius 3 is 2.50 bits per heavy atom. The van der Waals surface area contributed by atoms with Crippen molar-refractivity contribution in [2.45, 2.75) is 33.2 Å². The molecule has 0 fully saturated rings. The van der Waals surface area contributed by atoms with E-state index in [1.54, 1.807) is 36.6 Å². The number of hydrogen-bond donors (Lipinski definition) is 1. The van der Waals surface area contributed by atoms with Crippen LogP contribution in [0.4, 0.5) is 14.5 Å². The summed E-state index contributed by atoms with van der Waals surface area (Å²) in [6, 6.07) is 4.78. The Morgan fingerprint density at radius 2 is 1.81 bits per heavy atom. The first kappa shape index (κ1) is 20.6. The first-order valence-electron chi connectivity index (χ1n) is 9.83. The van der Waals surface area contributed by atoms with Crippen LogP contribution in [0.25, 0.3) is 27.7 Å². The monoisotopic (exact) mass is 458 g/mol. The van der Waals surface area contributed by atoms with E-state index < -0.39 is 27.2 Å². The van der Waals surface area contributed by atoms with Gasteiger partial charge in [0.15, 0.2) is 17.5 Å². The molecule has 0 radical (unpaired) electrons. The van der Waals surface area contributed by atoms with Gasteiger partial charge in [-0.15, -0.1) is 10.2 Å². The van der Waals surface area contributed by atoms with E-state index in [1.165, 1.54) is 6.20 Å². The van der Waals surface area contributed by atoms with Crippen molar-refractivity contribution >= 4 is 26.6 Å². The fraction of sp³-hybridized carbons (Fsp3) is 0.286. The largest absolute Gasteiger partial charge is 0.369 e. The number of hydrogen-bond acceptors (Lipinski definition) is 6. The van der Waals surface area contributed by atoms with Crippen LogP contribution in [-0.4, -0.2) is 38.6 Å². The summed E-state index contributed by atoms with van der Waals surface area (Å²) < 4.78 is 57.8. The predicted molar refractivity (Wildman–Crippen MR) is 116 cm³/mol. The van der Waals surface area contributed by atoms with E-state index in [0.29, 0.717) is 33.8 Å². The third kappa shape index (κ3) is 2.63. The SMILES string of the molecule is Cc1c(-c2cccc3c2cnn3S(C)(=O)=O)c(F)c(F)c2c1-n1c(C)nnc1C(C)(C)N2. The predicted octanol–water partition coefficient (Wildman–Crippen LogP) is 3.65. The van der Waals surface area contributed by atoms with Gasteiger partial charge in [-0.05, 0) is 44.9 Å². The zero-order valence-corrected chi connectivity index (χ0v) is 18.8. The summed E-state index contributed by atoms with van der Waals surface area (Å²) in [5.41, 5.74) is 0.789. The molecule has 8 nitrogen and oxygen atoms in total. The first-order valence-corrected chi connectivity index (χ1v) is 11.7. The Kier molecular flexibility index (Phi) is 4.08. The molecule has 0 aliphatic carbocycles. The first-order chi connectivity index (χ1) is 14.9. The van der Waals surface area contributed by atoms with Gasteiger partial charge in [0.2, 0.25) is 0 Å². The molecule has 32 heavy (non-hydrogen) atoms. The molecule has 5 rings (SSSR count). The van der Waals surface area contributed by atoms with Crippen LogP contribution in [0, 0.1) is 25.5 Å². The lowest BCUT2D eigenvalue weighted by atomic mass is 9.91. The van der Waals surface area contributed by atoms with Crippen molar-refractivity contribution in [3.8, 4) is 16.8 Å². The van der Waals surface area contributed by atoms with Crippen LogP contribution in [0.5, 0.6) is 0 Å². The quantitative estimate of drug-likeness (QED) is 0.493. The minimum atomic E-state index is -3.67. The van der Waals surface area contributed by atoms with Gasteiger partial charge in [0.1, 0.15) is 5.82 Å². The number of aryl methyl sites for hydroxylation is 1. The van der Waals surface area contributed by atoms with Crippen LogP contribution in [0.3, 0.4) is 0 Å². The van der Waals surface area contributed by atoms with E-state index in [1.807, 2.05) is 13.8 Å². The van der Waals surface area contributed by atoms with E-state index >= 15 is 8.78 Å². The van der Waals surface area contributed by atoms with Crippen molar-refractivity contribution in [1.82, 2.24) is 24.0 Å². The maximum Gasteiger partial charge on any atom is 0.251 e. The number of fused-ring (bicyclic) bond motifs is 4. The summed E-state index contributed by atoms with van der Waals surface area (Å²) in [5, 5.41) is 15.8. The van der Waals surface area contributed by atoms with E-state index in [4.69, 9.17) is 0 Å². The Morgan fingerprint density at radius 1 is 1.09 bits per heavy atom. The fourth-order valence-electron chi connectivity index (χ4n) is 4.42. The van der Waals surface area contributed by atoms with Crippen LogP contribution in [0.15, 0.2) is 24.4 Å². The highest BCUT2D eigenvalue weighted by Crippen LogP contribution is 2.45. The average molecular weight is 458 g/mol. The second kappa shape index (κ2) is 6.35. The van der Waals surface area contributed by atoms with Crippen molar-refractivity contribution < 1.29 is 17.2 Å². The molecule has 0 unspecified atom stereocenters. The number of nitrogens with one attached hydrogen (secondary N) is 1. The van der Waals surface area contributed by atoms with Crippen LogP contribution in [0.1, 0.15) is 31.1 Å². The number of anilines is 1. The number of aromatic nitrogens is 5. The lowest BCUT2D eigenvalue weighted by molar-refractivity contribution is 0.488. The molecule has 1 N–H and O–H groups in total. The van der Waals surface area contributed by atoms with Gasteiger partial charge in [-0.25, -0.2) is 17.2 Å². The Bertz CT molecular complexity index is 1550. The van der Waals surface area contributed by atoms with Crippen molar-refractivity contribution in [3.63, 3.8) is 0 Å². The second-order valence-electron chi connectivity index (χ2n) is 8.50. The molecule has 3 heterocycles. The topological polar surface area (TPSA) is 94.7 Å². The summed E-state index contributed by atoms with van der Waals surface area (Å²) in [6.45, 7) is 7.08. The standard InChI is InChI=1S/C21H20F2N6O2S/c1-10-15(12-7-6-8-14-13(12)9-24-29(14)32(5,30)31)16(22)17(23)18-19(10)28-11(2)26-27-20(28)21(3,4)25-18/h6-9,25H,1-5H3. The highest BCUT2D eigenvalue weighted by atomic mass is 32.2. The van der Waals surface area contributed by atoms with E-state index in [9.17, 15) is 8.42 Å². The van der Waals surface area contributed by atoms with Gasteiger partial charge < -0.3 is 5.32 Å². The highest BCUT2D eigenvalue weighted by molar-refractivity contribution is 7.89. The van der Waals surface area contributed by atoms with E-state index in [0.717, 1.165) is 10.3 Å². The third-order valence-electron chi connectivity index (χ3n) is 5.81. The zero-order valence-electron chi connectivity index (χ0n) is 18.0. The van der Waals surface area contributed by atoms with Crippen LogP contribution < -0.4 is 5.32 Å². The molecule has 11 heteroatoms. The molecule has 0 saturated carbocycles. The molecule has 166 valence electrons. The molecule has 0 bridgehead atoms. The van der Waals surface area contributed by atoms with Gasteiger partial charge in [-0.1, -0.05) is 12.1 Å². The van der Waals surface area contributed by atoms with Crippen molar-refractivity contribution in [2.24, 2.45) is 0 Å². The van der Waals surface area contributed by atoms with E-state index in [-0.39, 0.29) is 16.8 Å². The van der Waals surface area contributed by atoms with Crippen molar-refractivity contribution in [1.29, 1.82) is 0 Å². The van der Waals surface area contributed by atoms with Gasteiger partial charge in [0.25, 0.3) is 10.0 Å². The molecule has 0 saturated heterocycles. The highest BCUT2D eigenvalue weighted by Gasteiger charge is 2.38. The van der Waals surface area contributed by atoms with E-state index in [2.05, 4.69) is 20.6 Å². The minimum Gasteiger partial charge on any atom is -0.369 e. The van der Waals surface area contributed by atoms with Gasteiger partial charge in [0, 0.05) is 10.9 Å². The molecule has 4 aromatic rings. The lowest BCUT2D eigenvalue weighted by Gasteiger charge is -2.35. The zero-order chi connectivity index (χ0) is 23.2. The molecule has 2 aromatic heterocycles. The summed E-state index contributed by atoms with van der Waals surface area (Å²) in [7, 11) is -3.67. The van der Waals surface area contributed by atoms with Gasteiger partial charge >= 0.3 is 0 Å². The molecule has 0 amide bonds. The van der Waals surface area contributed by atoms with Crippen LogP contribution in [-0.2, 0) is 15.6 Å². The normalized spacial score (nSPS) is 14.8. The lowest BCUT2D eigenvalue weighted by Crippen LogP contribution is -2.37. The van der Waals surface area contributed by atoms with Gasteiger partial charge in [-0.2, -0.15) is 9.19 Å². The van der Waals surface area contributed by atoms with Crippen molar-refractivity contribution in [3.05, 3.63) is 53.2 Å². The molecule has 0 spiro atoms. The maximum absolute atomic E-state index is 15.6. The number of benzene rings is 2. The molecular formula is C21H20F2N6O2S. The summed E-state index contributed by atoms with van der Waals surface area (Å²) in [4.78, 5) is 0. The molecule has 0 atom stereocenters. The van der Waals surface area contributed by atoms with Gasteiger partial charge in [0.05, 0.1) is 34.9 Å². The van der Waals surface area contributed by atoms with Crippen LogP contribution >= 0.6 is 0 Å². The maximum atomic E-state index is 15.6. The van der Waals surface area contributed by atoms with Crippen molar-refractivity contribution in [2.75, 3.05) is 11.6 Å². The molecule has 1 aliphatic heterocycles.